The highest BCUT2D eigenvalue weighted by Gasteiger charge is 2.32. The molecule has 0 fully saturated rings. The van der Waals surface area contributed by atoms with Gasteiger partial charge in [0.05, 0.1) is 45.5 Å². The van der Waals surface area contributed by atoms with E-state index in [1.165, 1.54) is 7.11 Å². The zero-order valence-electron chi connectivity index (χ0n) is 17.8. The van der Waals surface area contributed by atoms with Crippen molar-refractivity contribution in [3.05, 3.63) is 53.1 Å². The van der Waals surface area contributed by atoms with Crippen LogP contribution in [-0.2, 0) is 20.7 Å². The molecule has 1 N–H and O–H groups in total. The van der Waals surface area contributed by atoms with E-state index in [0.717, 1.165) is 11.1 Å². The summed E-state index contributed by atoms with van der Waals surface area (Å²) in [5.74, 6) is 0.553. The number of carbonyl (C=O) groups is 2. The van der Waals surface area contributed by atoms with E-state index in [0.29, 0.717) is 35.7 Å². The molecular weight excluding hydrogens is 398 g/mol. The number of nitrogens with zero attached hydrogens (tertiary/aromatic N) is 2. The molecule has 0 spiro atoms. The van der Waals surface area contributed by atoms with Crippen LogP contribution in [0.2, 0.25) is 0 Å². The maximum atomic E-state index is 12.8. The van der Waals surface area contributed by atoms with Gasteiger partial charge in [0, 0.05) is 12.6 Å². The highest BCUT2D eigenvalue weighted by molar-refractivity contribution is 5.93. The van der Waals surface area contributed by atoms with Crippen molar-refractivity contribution >= 4 is 17.6 Å². The summed E-state index contributed by atoms with van der Waals surface area (Å²) < 4.78 is 15.7. The number of amides is 1. The van der Waals surface area contributed by atoms with Gasteiger partial charge in [-0.25, -0.2) is 0 Å². The molecule has 1 amide bonds. The Morgan fingerprint density at radius 1 is 1.16 bits per heavy atom. The average Bonchev–Trinajstić information content (AvgIpc) is 2.79. The summed E-state index contributed by atoms with van der Waals surface area (Å²) in [7, 11) is 4.48. The van der Waals surface area contributed by atoms with Gasteiger partial charge in [0.15, 0.2) is 11.5 Å². The molecule has 1 atom stereocenters. The van der Waals surface area contributed by atoms with E-state index < -0.39 is 0 Å². The van der Waals surface area contributed by atoms with E-state index >= 15 is 0 Å². The summed E-state index contributed by atoms with van der Waals surface area (Å²) in [4.78, 5) is 26.8. The maximum absolute atomic E-state index is 12.8. The molecule has 8 heteroatoms. The molecule has 1 aliphatic rings. The molecule has 0 aromatic heterocycles. The second-order valence-corrected chi connectivity index (χ2v) is 7.13. The van der Waals surface area contributed by atoms with Crippen LogP contribution in [0.3, 0.4) is 0 Å². The van der Waals surface area contributed by atoms with Crippen molar-refractivity contribution in [2.24, 2.45) is 0 Å². The van der Waals surface area contributed by atoms with Crippen LogP contribution in [0.5, 0.6) is 11.5 Å². The van der Waals surface area contributed by atoms with E-state index in [4.69, 9.17) is 14.2 Å². The van der Waals surface area contributed by atoms with Gasteiger partial charge in [0.1, 0.15) is 6.07 Å². The van der Waals surface area contributed by atoms with Gasteiger partial charge < -0.3 is 19.5 Å². The van der Waals surface area contributed by atoms with Gasteiger partial charge in [0.2, 0.25) is 5.91 Å². The summed E-state index contributed by atoms with van der Waals surface area (Å²) in [6.45, 7) is 0.646. The quantitative estimate of drug-likeness (QED) is 0.683. The van der Waals surface area contributed by atoms with Crippen molar-refractivity contribution in [2.75, 3.05) is 39.7 Å². The SMILES string of the molecule is COC(=O)C[C@@H]1c2cc(OC)c(OC)cc2CCN1CC(=O)Nc1ccccc1C#N. The predicted octanol–water partition coefficient (Wildman–Crippen LogP) is 2.68. The lowest BCUT2D eigenvalue weighted by atomic mass is 9.90. The monoisotopic (exact) mass is 423 g/mol. The molecule has 1 heterocycles. The fraction of sp³-hybridized carbons (Fsp3) is 0.348. The first-order valence-corrected chi connectivity index (χ1v) is 9.85. The van der Waals surface area contributed by atoms with Crippen molar-refractivity contribution in [3.63, 3.8) is 0 Å². The van der Waals surface area contributed by atoms with E-state index in [-0.39, 0.29) is 30.9 Å². The number of nitriles is 1. The maximum Gasteiger partial charge on any atom is 0.307 e. The number of anilines is 1. The summed E-state index contributed by atoms with van der Waals surface area (Å²) in [6, 6.07) is 12.3. The van der Waals surface area contributed by atoms with Gasteiger partial charge in [0.25, 0.3) is 0 Å². The van der Waals surface area contributed by atoms with Crippen LogP contribution >= 0.6 is 0 Å². The third-order valence-electron chi connectivity index (χ3n) is 5.37. The van der Waals surface area contributed by atoms with Crippen LogP contribution < -0.4 is 14.8 Å². The Balaban J connectivity index is 1.86. The largest absolute Gasteiger partial charge is 0.493 e. The van der Waals surface area contributed by atoms with Gasteiger partial charge in [-0.2, -0.15) is 5.26 Å². The predicted molar refractivity (Wildman–Crippen MR) is 114 cm³/mol. The number of fused-ring (bicyclic) bond motifs is 1. The number of rotatable bonds is 7. The van der Waals surface area contributed by atoms with Gasteiger partial charge in [-0.3, -0.25) is 14.5 Å². The second kappa shape index (κ2) is 9.96. The number of esters is 1. The molecule has 31 heavy (non-hydrogen) atoms. The molecule has 0 saturated heterocycles. The minimum Gasteiger partial charge on any atom is -0.493 e. The first kappa shape index (κ1) is 22.1. The number of carbonyl (C=O) groups excluding carboxylic acids is 2. The van der Waals surface area contributed by atoms with Crippen molar-refractivity contribution < 1.29 is 23.8 Å². The number of hydrogen-bond donors (Lipinski definition) is 1. The smallest absolute Gasteiger partial charge is 0.307 e. The van der Waals surface area contributed by atoms with E-state index in [9.17, 15) is 14.9 Å². The van der Waals surface area contributed by atoms with E-state index in [1.807, 2.05) is 17.0 Å². The molecule has 1 aliphatic heterocycles. The van der Waals surface area contributed by atoms with E-state index in [2.05, 4.69) is 11.4 Å². The van der Waals surface area contributed by atoms with Crippen LogP contribution in [0.4, 0.5) is 5.69 Å². The number of benzene rings is 2. The Bertz CT molecular complexity index is 1010. The standard InChI is InChI=1S/C23H25N3O5/c1-29-20-10-15-8-9-26(14-22(27)25-18-7-5-4-6-16(18)13-24)19(12-23(28)31-3)17(15)11-21(20)30-2/h4-7,10-11,19H,8-9,12,14H2,1-3H3,(H,25,27)/t19-/m1/s1. The lowest BCUT2D eigenvalue weighted by Crippen LogP contribution is -2.41. The first-order valence-electron chi connectivity index (χ1n) is 9.85. The third kappa shape index (κ3) is 4.95. The number of para-hydroxylation sites is 1. The molecule has 2 aromatic rings. The highest BCUT2D eigenvalue weighted by atomic mass is 16.5. The molecule has 0 unspecified atom stereocenters. The van der Waals surface area contributed by atoms with Gasteiger partial charge >= 0.3 is 5.97 Å². The second-order valence-electron chi connectivity index (χ2n) is 7.13. The minimum absolute atomic E-state index is 0.0647. The Hall–Kier alpha value is -3.57. The van der Waals surface area contributed by atoms with Crippen molar-refractivity contribution in [1.82, 2.24) is 4.90 Å². The molecule has 0 aliphatic carbocycles. The molecule has 2 aromatic carbocycles. The molecule has 0 bridgehead atoms. The lowest BCUT2D eigenvalue weighted by molar-refractivity contribution is -0.142. The highest BCUT2D eigenvalue weighted by Crippen LogP contribution is 2.39. The average molecular weight is 423 g/mol. The zero-order valence-corrected chi connectivity index (χ0v) is 17.8. The Kier molecular flexibility index (Phi) is 7.11. The lowest BCUT2D eigenvalue weighted by Gasteiger charge is -2.36. The normalized spacial score (nSPS) is 15.4. The van der Waals surface area contributed by atoms with Gasteiger partial charge in [-0.05, 0) is 41.8 Å². The summed E-state index contributed by atoms with van der Waals surface area (Å²) in [5, 5.41) is 12.0. The fourth-order valence-corrected chi connectivity index (χ4v) is 3.81. The first-order chi connectivity index (χ1) is 15.0. The Morgan fingerprint density at radius 2 is 1.87 bits per heavy atom. The molecule has 8 nitrogen and oxygen atoms in total. The molecule has 3 rings (SSSR count). The topological polar surface area (TPSA) is 101 Å². The Labute approximate surface area is 181 Å². The van der Waals surface area contributed by atoms with Crippen LogP contribution in [-0.4, -0.2) is 51.2 Å². The number of methoxy groups -OCH3 is 3. The Morgan fingerprint density at radius 3 is 2.55 bits per heavy atom. The van der Waals surface area contributed by atoms with Crippen molar-refractivity contribution in [2.45, 2.75) is 18.9 Å². The van der Waals surface area contributed by atoms with Crippen LogP contribution in [0.15, 0.2) is 36.4 Å². The molecule has 0 radical (unpaired) electrons. The molecular formula is C23H25N3O5. The summed E-state index contributed by atoms with van der Waals surface area (Å²) in [6.07, 6.45) is 0.788. The van der Waals surface area contributed by atoms with Gasteiger partial charge in [-0.1, -0.05) is 12.1 Å². The van der Waals surface area contributed by atoms with Gasteiger partial charge in [-0.15, -0.1) is 0 Å². The van der Waals surface area contributed by atoms with Crippen LogP contribution in [0.25, 0.3) is 0 Å². The number of hydrogen-bond acceptors (Lipinski definition) is 7. The summed E-state index contributed by atoms with van der Waals surface area (Å²) in [5.41, 5.74) is 2.80. The number of nitrogens with one attached hydrogen (secondary N) is 1. The van der Waals surface area contributed by atoms with Crippen LogP contribution in [0, 0.1) is 11.3 Å². The summed E-state index contributed by atoms with van der Waals surface area (Å²) >= 11 is 0. The number of ether oxygens (including phenoxy) is 3. The van der Waals surface area contributed by atoms with E-state index in [1.54, 1.807) is 38.5 Å². The zero-order chi connectivity index (χ0) is 22.4. The van der Waals surface area contributed by atoms with Crippen molar-refractivity contribution in [1.29, 1.82) is 5.26 Å². The van der Waals surface area contributed by atoms with Crippen molar-refractivity contribution in [3.8, 4) is 17.6 Å². The minimum atomic E-state index is -0.368. The van der Waals surface area contributed by atoms with Crippen LogP contribution in [0.1, 0.15) is 29.2 Å². The third-order valence-corrected chi connectivity index (χ3v) is 5.37. The molecule has 0 saturated carbocycles. The fourth-order valence-electron chi connectivity index (χ4n) is 3.81. The molecule has 162 valence electrons.